The molecule has 1 aromatic carbocycles. The normalized spacial score (nSPS) is 17.8. The van der Waals surface area contributed by atoms with E-state index in [0.29, 0.717) is 23.0 Å². The van der Waals surface area contributed by atoms with E-state index >= 15 is 0 Å². The van der Waals surface area contributed by atoms with Crippen LogP contribution in [0, 0.1) is 5.92 Å². The number of hydrogen-bond donors (Lipinski definition) is 2. The van der Waals surface area contributed by atoms with Crippen LogP contribution in [0.25, 0.3) is 0 Å². The second kappa shape index (κ2) is 7.43. The third-order valence-electron chi connectivity index (χ3n) is 3.97. The Morgan fingerprint density at radius 3 is 2.70 bits per heavy atom. The molecular weight excluding hydrogens is 340 g/mol. The van der Waals surface area contributed by atoms with Crippen LogP contribution in [-0.4, -0.2) is 18.5 Å². The third kappa shape index (κ3) is 3.96. The number of hydrogen-bond acceptors (Lipinski definition) is 2. The Balaban J connectivity index is 2.02. The van der Waals surface area contributed by atoms with Crippen LogP contribution in [-0.2, 0) is 0 Å². The minimum atomic E-state index is -0.0802. The van der Waals surface area contributed by atoms with Gasteiger partial charge in [0.05, 0.1) is 5.02 Å². The van der Waals surface area contributed by atoms with Crippen LogP contribution >= 0.6 is 27.5 Å². The van der Waals surface area contributed by atoms with E-state index in [4.69, 9.17) is 17.3 Å². The highest BCUT2D eigenvalue weighted by Gasteiger charge is 2.24. The van der Waals surface area contributed by atoms with Gasteiger partial charge in [0.25, 0.3) is 5.91 Å². The Morgan fingerprint density at radius 2 is 2.10 bits per heavy atom. The van der Waals surface area contributed by atoms with E-state index in [1.165, 1.54) is 19.3 Å². The maximum Gasteiger partial charge on any atom is 0.251 e. The van der Waals surface area contributed by atoms with E-state index in [-0.39, 0.29) is 11.9 Å². The predicted octanol–water partition coefficient (Wildman–Crippen LogP) is 3.74. The molecule has 1 amide bonds. The minimum absolute atomic E-state index is 0.0669. The second-order valence-corrected chi connectivity index (χ2v) is 6.60. The minimum Gasteiger partial charge on any atom is -0.348 e. The van der Waals surface area contributed by atoms with Gasteiger partial charge in [-0.1, -0.05) is 30.9 Å². The molecule has 0 aliphatic heterocycles. The molecule has 3 nitrogen and oxygen atoms in total. The summed E-state index contributed by atoms with van der Waals surface area (Å²) in [7, 11) is 0. The van der Waals surface area contributed by atoms with E-state index < -0.39 is 0 Å². The number of carbonyl (C=O) groups is 1. The van der Waals surface area contributed by atoms with Gasteiger partial charge >= 0.3 is 0 Å². The van der Waals surface area contributed by atoms with Gasteiger partial charge in [-0.25, -0.2) is 0 Å². The van der Waals surface area contributed by atoms with Crippen LogP contribution < -0.4 is 11.1 Å². The van der Waals surface area contributed by atoms with Crippen molar-refractivity contribution < 1.29 is 4.79 Å². The van der Waals surface area contributed by atoms with Crippen molar-refractivity contribution in [1.29, 1.82) is 0 Å². The highest BCUT2D eigenvalue weighted by Crippen LogP contribution is 2.27. The number of halogens is 2. The first-order valence-corrected chi connectivity index (χ1v) is 8.25. The number of amides is 1. The monoisotopic (exact) mass is 358 g/mol. The molecule has 1 saturated carbocycles. The number of benzene rings is 1. The SMILES string of the molecule is NCC(NC(=O)c1ccc(Cl)c(Br)c1)C1CCCCC1. The topological polar surface area (TPSA) is 55.1 Å². The lowest BCUT2D eigenvalue weighted by molar-refractivity contribution is 0.0915. The molecule has 0 aromatic heterocycles. The van der Waals surface area contributed by atoms with Crippen LogP contribution in [0.2, 0.25) is 5.02 Å². The van der Waals surface area contributed by atoms with Crippen LogP contribution in [0.5, 0.6) is 0 Å². The largest absolute Gasteiger partial charge is 0.348 e. The van der Waals surface area contributed by atoms with Crippen molar-refractivity contribution in [3.05, 3.63) is 33.3 Å². The first-order chi connectivity index (χ1) is 9.61. The van der Waals surface area contributed by atoms with Gasteiger partial charge in [0.15, 0.2) is 0 Å². The summed E-state index contributed by atoms with van der Waals surface area (Å²) in [5.74, 6) is 0.428. The fraction of sp³-hybridized carbons (Fsp3) is 0.533. The van der Waals surface area contributed by atoms with E-state index in [0.717, 1.165) is 17.3 Å². The Kier molecular flexibility index (Phi) is 5.87. The molecule has 1 aliphatic carbocycles. The van der Waals surface area contributed by atoms with E-state index in [1.807, 2.05) is 0 Å². The Labute approximate surface area is 133 Å². The van der Waals surface area contributed by atoms with Crippen molar-refractivity contribution in [2.45, 2.75) is 38.1 Å². The van der Waals surface area contributed by atoms with Crippen molar-refractivity contribution in [2.75, 3.05) is 6.54 Å². The molecule has 0 saturated heterocycles. The molecule has 0 spiro atoms. The second-order valence-electron chi connectivity index (χ2n) is 5.34. The first-order valence-electron chi connectivity index (χ1n) is 7.08. The molecular formula is C15H20BrClN2O. The van der Waals surface area contributed by atoms with Gasteiger partial charge in [-0.05, 0) is 52.9 Å². The summed E-state index contributed by atoms with van der Waals surface area (Å²) in [6.07, 6.45) is 6.10. The highest BCUT2D eigenvalue weighted by atomic mass is 79.9. The third-order valence-corrected chi connectivity index (χ3v) is 5.19. The average molecular weight is 360 g/mol. The quantitative estimate of drug-likeness (QED) is 0.860. The van der Waals surface area contributed by atoms with Gasteiger partial charge in [-0.2, -0.15) is 0 Å². The smallest absolute Gasteiger partial charge is 0.251 e. The Bertz CT molecular complexity index is 475. The van der Waals surface area contributed by atoms with Gasteiger partial charge < -0.3 is 11.1 Å². The van der Waals surface area contributed by atoms with Gasteiger partial charge in [0.1, 0.15) is 0 Å². The Hall–Kier alpha value is -0.580. The molecule has 1 aliphatic rings. The van der Waals surface area contributed by atoms with Gasteiger partial charge in [-0.15, -0.1) is 0 Å². The standard InChI is InChI=1S/C15H20BrClN2O/c16-12-8-11(6-7-13(12)17)15(20)19-14(9-18)10-4-2-1-3-5-10/h6-8,10,14H,1-5,9,18H2,(H,19,20). The molecule has 0 heterocycles. The summed E-state index contributed by atoms with van der Waals surface area (Å²) in [5.41, 5.74) is 6.45. The van der Waals surface area contributed by atoms with Crippen molar-refractivity contribution in [3.8, 4) is 0 Å². The fourth-order valence-electron chi connectivity index (χ4n) is 2.79. The zero-order valence-corrected chi connectivity index (χ0v) is 13.7. The van der Waals surface area contributed by atoms with Gasteiger partial charge in [-0.3, -0.25) is 4.79 Å². The molecule has 1 atom stereocenters. The van der Waals surface area contributed by atoms with Crippen LogP contribution in [0.4, 0.5) is 0 Å². The van der Waals surface area contributed by atoms with Gasteiger partial charge in [0, 0.05) is 22.6 Å². The summed E-state index contributed by atoms with van der Waals surface area (Å²) >= 11 is 9.28. The van der Waals surface area contributed by atoms with E-state index in [2.05, 4.69) is 21.2 Å². The number of rotatable bonds is 4. The van der Waals surface area contributed by atoms with Crippen LogP contribution in [0.15, 0.2) is 22.7 Å². The summed E-state index contributed by atoms with van der Waals surface area (Å²) in [5, 5.41) is 3.67. The van der Waals surface area contributed by atoms with Crippen molar-refractivity contribution >= 4 is 33.4 Å². The average Bonchev–Trinajstić information content (AvgIpc) is 2.48. The predicted molar refractivity (Wildman–Crippen MR) is 86.0 cm³/mol. The molecule has 110 valence electrons. The Morgan fingerprint density at radius 1 is 1.40 bits per heavy atom. The maximum atomic E-state index is 12.3. The lowest BCUT2D eigenvalue weighted by Crippen LogP contribution is -2.45. The van der Waals surface area contributed by atoms with Crippen molar-refractivity contribution in [1.82, 2.24) is 5.32 Å². The summed E-state index contributed by atoms with van der Waals surface area (Å²) < 4.78 is 0.730. The maximum absolute atomic E-state index is 12.3. The molecule has 1 aromatic rings. The molecule has 20 heavy (non-hydrogen) atoms. The lowest BCUT2D eigenvalue weighted by Gasteiger charge is -2.30. The van der Waals surface area contributed by atoms with Crippen LogP contribution in [0.1, 0.15) is 42.5 Å². The summed E-state index contributed by atoms with van der Waals surface area (Å²) in [6.45, 7) is 0.491. The molecule has 0 bridgehead atoms. The van der Waals surface area contributed by atoms with Gasteiger partial charge in [0.2, 0.25) is 0 Å². The molecule has 0 radical (unpaired) electrons. The zero-order valence-electron chi connectivity index (χ0n) is 11.4. The highest BCUT2D eigenvalue weighted by molar-refractivity contribution is 9.10. The van der Waals surface area contributed by atoms with Crippen LogP contribution in [0.3, 0.4) is 0 Å². The molecule has 1 unspecified atom stereocenters. The molecule has 5 heteroatoms. The fourth-order valence-corrected chi connectivity index (χ4v) is 3.29. The molecule has 2 rings (SSSR count). The molecule has 3 N–H and O–H groups in total. The summed E-state index contributed by atoms with van der Waals surface area (Å²) in [6, 6.07) is 5.26. The molecule has 1 fully saturated rings. The zero-order chi connectivity index (χ0) is 14.5. The lowest BCUT2D eigenvalue weighted by atomic mass is 9.84. The summed E-state index contributed by atoms with van der Waals surface area (Å²) in [4.78, 5) is 12.3. The number of carbonyl (C=O) groups excluding carboxylic acids is 1. The van der Waals surface area contributed by atoms with Crippen molar-refractivity contribution in [2.24, 2.45) is 11.7 Å². The first kappa shape index (κ1) is 15.8. The van der Waals surface area contributed by atoms with Crippen molar-refractivity contribution in [3.63, 3.8) is 0 Å². The number of nitrogens with one attached hydrogen (secondary N) is 1. The number of nitrogens with two attached hydrogens (primary N) is 1. The van der Waals surface area contributed by atoms with E-state index in [9.17, 15) is 4.79 Å². The van der Waals surface area contributed by atoms with E-state index in [1.54, 1.807) is 18.2 Å².